The third-order valence-electron chi connectivity index (χ3n) is 4.66. The van der Waals surface area contributed by atoms with E-state index in [4.69, 9.17) is 9.47 Å². The zero-order valence-electron chi connectivity index (χ0n) is 17.8. The summed E-state index contributed by atoms with van der Waals surface area (Å²) in [4.78, 5) is 12.4. The largest absolute Gasteiger partial charge is 0.497 e. The van der Waals surface area contributed by atoms with Crippen LogP contribution in [0.4, 0.5) is 0 Å². The number of methoxy groups -OCH3 is 2. The van der Waals surface area contributed by atoms with Gasteiger partial charge in [0.2, 0.25) is 0 Å². The molecule has 0 saturated heterocycles. The first-order valence-corrected chi connectivity index (χ1v) is 9.53. The molecular formula is C23H26N4O3. The smallest absolute Gasteiger partial charge is 0.289 e. The fraction of sp³-hybridized carbons (Fsp3) is 0.261. The van der Waals surface area contributed by atoms with Gasteiger partial charge in [0.25, 0.3) is 5.91 Å². The molecule has 156 valence electrons. The van der Waals surface area contributed by atoms with E-state index in [1.807, 2.05) is 12.1 Å². The van der Waals surface area contributed by atoms with Crippen LogP contribution < -0.4 is 14.9 Å². The molecule has 2 N–H and O–H groups in total. The highest BCUT2D eigenvalue weighted by Gasteiger charge is 2.15. The Morgan fingerprint density at radius 2 is 1.80 bits per heavy atom. The van der Waals surface area contributed by atoms with Crippen LogP contribution in [0.3, 0.4) is 0 Å². The highest BCUT2D eigenvalue weighted by atomic mass is 16.5. The van der Waals surface area contributed by atoms with E-state index in [2.05, 4.69) is 53.6 Å². The van der Waals surface area contributed by atoms with E-state index in [-0.39, 0.29) is 11.1 Å². The molecule has 1 heterocycles. The number of amides is 1. The fourth-order valence-corrected chi connectivity index (χ4v) is 2.89. The first-order chi connectivity index (χ1) is 14.3. The summed E-state index contributed by atoms with van der Waals surface area (Å²) in [6.45, 7) is 6.49. The molecule has 0 aliphatic heterocycles. The Bertz CT molecular complexity index is 1050. The summed E-state index contributed by atoms with van der Waals surface area (Å²) in [6, 6.07) is 15.1. The first kappa shape index (κ1) is 21.1. The van der Waals surface area contributed by atoms with Crippen LogP contribution in [0.25, 0.3) is 11.3 Å². The first-order valence-electron chi connectivity index (χ1n) is 9.53. The zero-order chi connectivity index (χ0) is 21.7. The molecule has 3 aromatic rings. The monoisotopic (exact) mass is 406 g/mol. The lowest BCUT2D eigenvalue weighted by Gasteiger charge is -2.18. The van der Waals surface area contributed by atoms with Crippen LogP contribution in [0.1, 0.15) is 42.4 Å². The topological polar surface area (TPSA) is 88.6 Å². The summed E-state index contributed by atoms with van der Waals surface area (Å²) in [5.41, 5.74) is 6.31. The van der Waals surface area contributed by atoms with Crippen LogP contribution >= 0.6 is 0 Å². The molecule has 7 nitrogen and oxygen atoms in total. The van der Waals surface area contributed by atoms with Gasteiger partial charge in [-0.25, -0.2) is 5.43 Å². The molecule has 1 amide bonds. The number of carbonyl (C=O) groups is 1. The number of rotatable bonds is 6. The predicted molar refractivity (Wildman–Crippen MR) is 117 cm³/mol. The van der Waals surface area contributed by atoms with Crippen molar-refractivity contribution in [2.45, 2.75) is 26.2 Å². The maximum atomic E-state index is 12.4. The van der Waals surface area contributed by atoms with Gasteiger partial charge in [-0.05, 0) is 40.8 Å². The Morgan fingerprint density at radius 3 is 2.43 bits per heavy atom. The quantitative estimate of drug-likeness (QED) is 0.475. The van der Waals surface area contributed by atoms with Crippen LogP contribution in [-0.2, 0) is 5.41 Å². The minimum Gasteiger partial charge on any atom is -0.497 e. The Balaban J connectivity index is 1.69. The number of ether oxygens (including phenoxy) is 2. The molecule has 0 aliphatic rings. The standard InChI is InChI=1S/C23H26N4O3/c1-23(2,3)16-8-6-15(7-9-16)14-24-27-22(28)20-13-19(25-26-20)18-12-17(29-4)10-11-21(18)30-5/h6-14H,1-5H3,(H,25,26)(H,27,28). The van der Waals surface area contributed by atoms with Crippen molar-refractivity contribution in [2.24, 2.45) is 5.10 Å². The number of aromatic nitrogens is 2. The minimum absolute atomic E-state index is 0.0909. The lowest BCUT2D eigenvalue weighted by atomic mass is 9.87. The number of H-pyrrole nitrogens is 1. The van der Waals surface area contributed by atoms with E-state index in [1.165, 1.54) is 5.56 Å². The lowest BCUT2D eigenvalue weighted by Crippen LogP contribution is -2.18. The Kier molecular flexibility index (Phi) is 6.20. The van der Waals surface area contributed by atoms with Gasteiger partial charge in [-0.15, -0.1) is 0 Å². The molecule has 0 spiro atoms. The number of nitrogens with one attached hydrogen (secondary N) is 2. The van der Waals surface area contributed by atoms with Crippen LogP contribution in [0, 0.1) is 0 Å². The van der Waals surface area contributed by atoms with Gasteiger partial charge < -0.3 is 9.47 Å². The summed E-state index contributed by atoms with van der Waals surface area (Å²) < 4.78 is 10.6. The average molecular weight is 406 g/mol. The van der Waals surface area contributed by atoms with Crippen molar-refractivity contribution in [2.75, 3.05) is 14.2 Å². The normalized spacial score (nSPS) is 11.5. The van der Waals surface area contributed by atoms with Crippen molar-refractivity contribution in [1.29, 1.82) is 0 Å². The second kappa shape index (κ2) is 8.82. The summed E-state index contributed by atoms with van der Waals surface area (Å²) >= 11 is 0. The van der Waals surface area contributed by atoms with Gasteiger partial charge in [0.05, 0.1) is 26.1 Å². The lowest BCUT2D eigenvalue weighted by molar-refractivity contribution is 0.0950. The summed E-state index contributed by atoms with van der Waals surface area (Å²) in [5, 5.41) is 11.0. The van der Waals surface area contributed by atoms with Crippen molar-refractivity contribution in [1.82, 2.24) is 15.6 Å². The SMILES string of the molecule is COc1ccc(OC)c(-c2cc(C(=O)NN=Cc3ccc(C(C)(C)C)cc3)[nH]n2)c1. The van der Waals surface area contributed by atoms with Crippen molar-refractivity contribution in [3.63, 3.8) is 0 Å². The second-order valence-electron chi connectivity index (χ2n) is 7.80. The van der Waals surface area contributed by atoms with Gasteiger partial charge in [0.1, 0.15) is 17.2 Å². The highest BCUT2D eigenvalue weighted by Crippen LogP contribution is 2.32. The minimum atomic E-state index is -0.391. The van der Waals surface area contributed by atoms with Gasteiger partial charge >= 0.3 is 0 Å². The maximum absolute atomic E-state index is 12.4. The van der Waals surface area contributed by atoms with E-state index in [9.17, 15) is 4.79 Å². The van der Waals surface area contributed by atoms with Crippen LogP contribution in [-0.4, -0.2) is 36.5 Å². The molecule has 7 heteroatoms. The van der Waals surface area contributed by atoms with Crippen molar-refractivity contribution < 1.29 is 14.3 Å². The number of carbonyl (C=O) groups excluding carboxylic acids is 1. The average Bonchev–Trinajstić information content (AvgIpc) is 3.23. The molecule has 1 aromatic heterocycles. The summed E-state index contributed by atoms with van der Waals surface area (Å²) in [7, 11) is 3.16. The highest BCUT2D eigenvalue weighted by molar-refractivity contribution is 5.94. The summed E-state index contributed by atoms with van der Waals surface area (Å²) in [6.07, 6.45) is 1.60. The second-order valence-corrected chi connectivity index (χ2v) is 7.80. The van der Waals surface area contributed by atoms with Crippen molar-refractivity contribution in [3.05, 3.63) is 65.4 Å². The van der Waals surface area contributed by atoms with E-state index >= 15 is 0 Å². The number of benzene rings is 2. The third kappa shape index (κ3) is 4.86. The van der Waals surface area contributed by atoms with Gasteiger partial charge in [0.15, 0.2) is 0 Å². The fourth-order valence-electron chi connectivity index (χ4n) is 2.89. The Morgan fingerprint density at radius 1 is 1.07 bits per heavy atom. The Labute approximate surface area is 176 Å². The molecule has 0 fully saturated rings. The molecule has 0 bridgehead atoms. The predicted octanol–water partition coefficient (Wildman–Crippen LogP) is 4.16. The van der Waals surface area contributed by atoms with Gasteiger partial charge in [0, 0.05) is 5.56 Å². The number of aromatic amines is 1. The van der Waals surface area contributed by atoms with E-state index in [0.717, 1.165) is 11.1 Å². The number of nitrogens with zero attached hydrogens (tertiary/aromatic N) is 2. The van der Waals surface area contributed by atoms with E-state index in [1.54, 1.807) is 44.7 Å². The van der Waals surface area contributed by atoms with Crippen molar-refractivity contribution >= 4 is 12.1 Å². The Hall–Kier alpha value is -3.61. The molecule has 30 heavy (non-hydrogen) atoms. The molecule has 0 saturated carbocycles. The van der Waals surface area contributed by atoms with Gasteiger partial charge in [-0.1, -0.05) is 45.0 Å². The zero-order valence-corrected chi connectivity index (χ0v) is 17.8. The van der Waals surface area contributed by atoms with Gasteiger partial charge in [-0.3, -0.25) is 9.89 Å². The van der Waals surface area contributed by atoms with Crippen LogP contribution in [0.15, 0.2) is 53.6 Å². The molecule has 2 aromatic carbocycles. The third-order valence-corrected chi connectivity index (χ3v) is 4.66. The molecular weight excluding hydrogens is 380 g/mol. The molecule has 3 rings (SSSR count). The van der Waals surface area contributed by atoms with E-state index in [0.29, 0.717) is 17.2 Å². The molecule has 0 atom stereocenters. The number of hydrogen-bond donors (Lipinski definition) is 2. The van der Waals surface area contributed by atoms with Crippen molar-refractivity contribution in [3.8, 4) is 22.8 Å². The molecule has 0 aliphatic carbocycles. The van der Waals surface area contributed by atoms with E-state index < -0.39 is 5.91 Å². The molecule has 0 unspecified atom stereocenters. The maximum Gasteiger partial charge on any atom is 0.289 e. The summed E-state index contributed by atoms with van der Waals surface area (Å²) in [5.74, 6) is 0.908. The number of hydrogen-bond acceptors (Lipinski definition) is 5. The molecule has 0 radical (unpaired) electrons. The van der Waals surface area contributed by atoms with Gasteiger partial charge in [-0.2, -0.15) is 10.2 Å². The number of hydrazone groups is 1. The van der Waals surface area contributed by atoms with Crippen LogP contribution in [0.5, 0.6) is 11.5 Å². The van der Waals surface area contributed by atoms with Crippen LogP contribution in [0.2, 0.25) is 0 Å².